The Bertz CT molecular complexity index is 1350. The molecule has 0 bridgehead atoms. The summed E-state index contributed by atoms with van der Waals surface area (Å²) >= 11 is 0. The quantitative estimate of drug-likeness (QED) is 0.327. The topological polar surface area (TPSA) is 91.9 Å². The molecule has 0 aliphatic carbocycles. The summed E-state index contributed by atoms with van der Waals surface area (Å²) in [5.41, 5.74) is 4.73. The summed E-state index contributed by atoms with van der Waals surface area (Å²) in [4.78, 5) is 23.4. The number of carboxylic acids is 1. The van der Waals surface area contributed by atoms with Gasteiger partial charge in [0.2, 0.25) is 0 Å². The third-order valence-corrected chi connectivity index (χ3v) is 6.16. The van der Waals surface area contributed by atoms with Gasteiger partial charge in [-0.25, -0.2) is 9.59 Å². The number of carbonyl (C=O) groups excluding carboxylic acids is 1. The van der Waals surface area contributed by atoms with E-state index in [1.165, 1.54) is 0 Å². The molecule has 0 amide bonds. The van der Waals surface area contributed by atoms with Crippen molar-refractivity contribution < 1.29 is 28.9 Å². The zero-order valence-corrected chi connectivity index (χ0v) is 21.5. The lowest BCUT2D eigenvalue weighted by Gasteiger charge is -2.10. The number of methoxy groups -OCH3 is 2. The summed E-state index contributed by atoms with van der Waals surface area (Å²) in [7, 11) is 3.27. The number of aryl methyl sites for hydroxylation is 2. The van der Waals surface area contributed by atoms with E-state index in [1.807, 2.05) is 73.9 Å². The van der Waals surface area contributed by atoms with Gasteiger partial charge in [0, 0.05) is 49.1 Å². The Morgan fingerprint density at radius 1 is 0.778 bits per heavy atom. The van der Waals surface area contributed by atoms with E-state index in [1.54, 1.807) is 18.8 Å². The third kappa shape index (κ3) is 5.45. The van der Waals surface area contributed by atoms with Crippen LogP contribution in [0.4, 0.5) is 0 Å². The second-order valence-corrected chi connectivity index (χ2v) is 8.30. The number of hydrogen-bond acceptors (Lipinski definition) is 5. The highest BCUT2D eigenvalue weighted by atomic mass is 16.5. The summed E-state index contributed by atoms with van der Waals surface area (Å²) in [5.74, 6) is -1.16. The van der Waals surface area contributed by atoms with Crippen LogP contribution in [0.25, 0.3) is 21.8 Å². The van der Waals surface area contributed by atoms with Gasteiger partial charge in [-0.1, -0.05) is 36.4 Å². The Hall–Kier alpha value is -3.62. The minimum Gasteiger partial charge on any atom is -0.477 e. The Labute approximate surface area is 211 Å². The summed E-state index contributed by atoms with van der Waals surface area (Å²) in [6, 6.07) is 15.7. The van der Waals surface area contributed by atoms with Crippen LogP contribution in [-0.2, 0) is 27.3 Å². The number of para-hydroxylation sites is 2. The first-order valence-corrected chi connectivity index (χ1v) is 11.9. The molecule has 8 nitrogen and oxygen atoms in total. The molecule has 0 aliphatic heterocycles. The number of carbonyl (C=O) groups is 2. The maximum Gasteiger partial charge on any atom is 0.355 e. The predicted octanol–water partition coefficient (Wildman–Crippen LogP) is 5.07. The van der Waals surface area contributed by atoms with Gasteiger partial charge in [0.05, 0.1) is 19.8 Å². The van der Waals surface area contributed by atoms with Gasteiger partial charge in [-0.05, 0) is 44.0 Å². The average molecular weight is 495 g/mol. The first-order chi connectivity index (χ1) is 17.4. The summed E-state index contributed by atoms with van der Waals surface area (Å²) in [6.45, 7) is 8.24. The normalized spacial score (nSPS) is 10.9. The predicted molar refractivity (Wildman–Crippen MR) is 140 cm³/mol. The van der Waals surface area contributed by atoms with Gasteiger partial charge < -0.3 is 28.5 Å². The van der Waals surface area contributed by atoms with Crippen molar-refractivity contribution in [3.05, 3.63) is 71.0 Å². The van der Waals surface area contributed by atoms with Crippen LogP contribution >= 0.6 is 0 Å². The van der Waals surface area contributed by atoms with Gasteiger partial charge in [0.1, 0.15) is 11.4 Å². The fourth-order valence-electron chi connectivity index (χ4n) is 4.52. The van der Waals surface area contributed by atoms with E-state index < -0.39 is 5.97 Å². The highest BCUT2D eigenvalue weighted by molar-refractivity contribution is 5.99. The number of carboxylic acid groups (broad SMARTS) is 1. The smallest absolute Gasteiger partial charge is 0.355 e. The first-order valence-electron chi connectivity index (χ1n) is 11.9. The summed E-state index contributed by atoms with van der Waals surface area (Å²) in [5, 5.41) is 11.4. The van der Waals surface area contributed by atoms with Crippen LogP contribution in [0.5, 0.6) is 0 Å². The Kier molecular flexibility index (Phi) is 9.27. The second-order valence-electron chi connectivity index (χ2n) is 8.30. The molecule has 0 spiro atoms. The number of hydrogen-bond donors (Lipinski definition) is 1. The largest absolute Gasteiger partial charge is 0.477 e. The minimum absolute atomic E-state index is 0.271. The van der Waals surface area contributed by atoms with E-state index >= 15 is 0 Å². The van der Waals surface area contributed by atoms with Gasteiger partial charge in [0.25, 0.3) is 0 Å². The van der Waals surface area contributed by atoms with E-state index in [-0.39, 0.29) is 5.97 Å². The summed E-state index contributed by atoms with van der Waals surface area (Å²) < 4.78 is 19.1. The molecule has 192 valence electrons. The van der Waals surface area contributed by atoms with Crippen molar-refractivity contribution in [2.75, 3.05) is 34.0 Å². The lowest BCUT2D eigenvalue weighted by molar-refractivity contribution is 0.0511. The number of aromatic nitrogens is 2. The van der Waals surface area contributed by atoms with Gasteiger partial charge in [-0.15, -0.1) is 0 Å². The van der Waals surface area contributed by atoms with Crippen molar-refractivity contribution in [3.63, 3.8) is 0 Å². The van der Waals surface area contributed by atoms with E-state index in [0.29, 0.717) is 44.3 Å². The molecule has 4 aromatic rings. The van der Waals surface area contributed by atoms with Gasteiger partial charge in [-0.3, -0.25) is 0 Å². The standard InChI is InChI=1S/C15H19NO3.C13H15NO3/c1-4-19-15(17)14-11(2)12-7-5-6-8-13(12)16(14)9-10-18-3;1-9-10-5-3-4-6-11(10)14(7-8-17-2)12(9)13(15)16/h5-8H,4,9-10H2,1-3H3;3-6H,7-8H2,1-2H3,(H,15,16). The van der Waals surface area contributed by atoms with Crippen LogP contribution < -0.4 is 0 Å². The molecule has 8 heteroatoms. The minimum atomic E-state index is -0.894. The van der Waals surface area contributed by atoms with Gasteiger partial charge in [-0.2, -0.15) is 0 Å². The van der Waals surface area contributed by atoms with Crippen LogP contribution in [0, 0.1) is 13.8 Å². The van der Waals surface area contributed by atoms with Crippen LogP contribution in [0.15, 0.2) is 48.5 Å². The SMILES string of the molecule is CCOC(=O)c1c(C)c2ccccc2n1CCOC.COCCn1c(C(=O)O)c(C)c2ccccc21. The number of ether oxygens (including phenoxy) is 3. The molecule has 0 radical (unpaired) electrons. The molecule has 2 aromatic carbocycles. The molecular weight excluding hydrogens is 460 g/mol. The first kappa shape index (κ1) is 27.0. The molecule has 2 aromatic heterocycles. The Balaban J connectivity index is 0.000000202. The summed E-state index contributed by atoms with van der Waals surface area (Å²) in [6.07, 6.45) is 0. The maximum absolute atomic E-state index is 12.1. The number of aromatic carboxylic acids is 1. The van der Waals surface area contributed by atoms with Gasteiger partial charge in [0.15, 0.2) is 0 Å². The van der Waals surface area contributed by atoms with Crippen LogP contribution in [0.1, 0.15) is 39.0 Å². The Morgan fingerprint density at radius 3 is 1.67 bits per heavy atom. The maximum atomic E-state index is 12.1. The molecule has 0 aliphatic rings. The highest BCUT2D eigenvalue weighted by Gasteiger charge is 2.21. The molecule has 0 fully saturated rings. The number of rotatable bonds is 9. The lowest BCUT2D eigenvalue weighted by atomic mass is 10.1. The lowest BCUT2D eigenvalue weighted by Crippen LogP contribution is -2.15. The number of fused-ring (bicyclic) bond motifs is 2. The van der Waals surface area contributed by atoms with E-state index in [9.17, 15) is 14.7 Å². The fourth-order valence-corrected chi connectivity index (χ4v) is 4.52. The molecule has 0 saturated carbocycles. The average Bonchev–Trinajstić information content (AvgIpc) is 3.33. The van der Waals surface area contributed by atoms with Crippen molar-refractivity contribution in [3.8, 4) is 0 Å². The van der Waals surface area contributed by atoms with Crippen molar-refractivity contribution in [2.24, 2.45) is 0 Å². The fraction of sp³-hybridized carbons (Fsp3) is 0.357. The molecular formula is C28H34N2O6. The van der Waals surface area contributed by atoms with Crippen molar-refractivity contribution >= 4 is 33.7 Å². The van der Waals surface area contributed by atoms with E-state index in [0.717, 1.165) is 32.9 Å². The van der Waals surface area contributed by atoms with Crippen molar-refractivity contribution in [1.29, 1.82) is 0 Å². The van der Waals surface area contributed by atoms with Crippen LogP contribution in [-0.4, -0.2) is 60.2 Å². The zero-order chi connectivity index (χ0) is 26.2. The van der Waals surface area contributed by atoms with Crippen molar-refractivity contribution in [1.82, 2.24) is 9.13 Å². The van der Waals surface area contributed by atoms with Crippen LogP contribution in [0.3, 0.4) is 0 Å². The highest BCUT2D eigenvalue weighted by Crippen LogP contribution is 2.27. The number of esters is 1. The molecule has 0 unspecified atom stereocenters. The molecule has 0 saturated heterocycles. The number of nitrogens with zero attached hydrogens (tertiary/aromatic N) is 2. The molecule has 4 rings (SSSR count). The van der Waals surface area contributed by atoms with Crippen LogP contribution in [0.2, 0.25) is 0 Å². The third-order valence-electron chi connectivity index (χ3n) is 6.16. The van der Waals surface area contributed by atoms with E-state index in [2.05, 4.69) is 0 Å². The van der Waals surface area contributed by atoms with E-state index in [4.69, 9.17) is 14.2 Å². The monoisotopic (exact) mass is 494 g/mol. The second kappa shape index (κ2) is 12.4. The molecule has 1 N–H and O–H groups in total. The Morgan fingerprint density at radius 2 is 1.22 bits per heavy atom. The molecule has 0 atom stereocenters. The molecule has 2 heterocycles. The number of benzene rings is 2. The molecule has 36 heavy (non-hydrogen) atoms. The zero-order valence-electron chi connectivity index (χ0n) is 21.5. The van der Waals surface area contributed by atoms with Crippen molar-refractivity contribution in [2.45, 2.75) is 33.9 Å². The van der Waals surface area contributed by atoms with Gasteiger partial charge >= 0.3 is 11.9 Å².